The number of aliphatic carboxylic acids is 1. The Kier molecular flexibility index (Phi) is 5.14. The number of nitrogens with one attached hydrogen (secondary N) is 1. The normalized spacial score (nSPS) is 19.3. The fourth-order valence-electron chi connectivity index (χ4n) is 2.49. The van der Waals surface area contributed by atoms with Gasteiger partial charge in [-0.2, -0.15) is 0 Å². The second kappa shape index (κ2) is 6.18. The van der Waals surface area contributed by atoms with Gasteiger partial charge >= 0.3 is 5.97 Å². The van der Waals surface area contributed by atoms with E-state index in [0.717, 1.165) is 32.1 Å². The molecule has 4 N–H and O–H groups in total. The van der Waals surface area contributed by atoms with Crippen molar-refractivity contribution in [2.75, 3.05) is 0 Å². The third-order valence-electron chi connectivity index (χ3n) is 3.32. The Morgan fingerprint density at radius 3 is 2.33 bits per heavy atom. The van der Waals surface area contributed by atoms with Gasteiger partial charge in [-0.25, -0.2) is 4.79 Å². The summed E-state index contributed by atoms with van der Waals surface area (Å²) in [6.07, 6.45) is 5.15. The Morgan fingerprint density at radius 1 is 1.33 bits per heavy atom. The average molecular weight is 256 g/mol. The van der Waals surface area contributed by atoms with Gasteiger partial charge in [-0.05, 0) is 32.6 Å². The number of carbonyl (C=O) groups is 2. The standard InChI is InChI=1S/C13H24N2O3/c1-13(2,14)8-10(16)15-11(12(17)18)9-6-4-3-5-7-9/h9,11H,3-8,14H2,1-2H3,(H,15,16)(H,17,18). The van der Waals surface area contributed by atoms with Crippen LogP contribution >= 0.6 is 0 Å². The van der Waals surface area contributed by atoms with Gasteiger partial charge in [-0.15, -0.1) is 0 Å². The first kappa shape index (κ1) is 15.0. The molecule has 0 radical (unpaired) electrons. The third-order valence-corrected chi connectivity index (χ3v) is 3.32. The van der Waals surface area contributed by atoms with Crippen LogP contribution in [0.25, 0.3) is 0 Å². The summed E-state index contributed by atoms with van der Waals surface area (Å²) in [5.74, 6) is -1.16. The number of hydrogen-bond donors (Lipinski definition) is 3. The monoisotopic (exact) mass is 256 g/mol. The van der Waals surface area contributed by atoms with Crippen LogP contribution in [-0.2, 0) is 9.59 Å². The van der Waals surface area contributed by atoms with E-state index >= 15 is 0 Å². The van der Waals surface area contributed by atoms with E-state index < -0.39 is 17.6 Å². The summed E-state index contributed by atoms with van der Waals surface area (Å²) in [5.41, 5.74) is 5.15. The molecule has 1 atom stereocenters. The predicted molar refractivity (Wildman–Crippen MR) is 69.0 cm³/mol. The molecule has 1 unspecified atom stereocenters. The summed E-state index contributed by atoms with van der Waals surface area (Å²) in [5, 5.41) is 11.9. The van der Waals surface area contributed by atoms with Crippen molar-refractivity contribution in [2.45, 2.75) is 64.0 Å². The first-order chi connectivity index (χ1) is 8.29. The van der Waals surface area contributed by atoms with Crippen LogP contribution in [0.3, 0.4) is 0 Å². The van der Waals surface area contributed by atoms with Gasteiger partial charge in [0.25, 0.3) is 0 Å². The van der Waals surface area contributed by atoms with Gasteiger partial charge in [-0.1, -0.05) is 19.3 Å². The maximum atomic E-state index is 11.8. The molecule has 0 spiro atoms. The minimum Gasteiger partial charge on any atom is -0.480 e. The summed E-state index contributed by atoms with van der Waals surface area (Å²) >= 11 is 0. The molecule has 104 valence electrons. The highest BCUT2D eigenvalue weighted by atomic mass is 16.4. The van der Waals surface area contributed by atoms with Crippen LogP contribution in [0.4, 0.5) is 0 Å². The van der Waals surface area contributed by atoms with Crippen LogP contribution in [0.2, 0.25) is 0 Å². The minimum absolute atomic E-state index is 0.0566. The highest BCUT2D eigenvalue weighted by molar-refractivity contribution is 5.84. The molecule has 0 aliphatic heterocycles. The van der Waals surface area contributed by atoms with Gasteiger partial charge in [0.05, 0.1) is 0 Å². The van der Waals surface area contributed by atoms with E-state index in [4.69, 9.17) is 5.73 Å². The van der Waals surface area contributed by atoms with Crippen LogP contribution in [0.1, 0.15) is 52.4 Å². The molecule has 1 saturated carbocycles. The van der Waals surface area contributed by atoms with Crippen molar-refractivity contribution in [3.05, 3.63) is 0 Å². The fourth-order valence-corrected chi connectivity index (χ4v) is 2.49. The molecule has 0 aromatic carbocycles. The molecule has 0 saturated heterocycles. The van der Waals surface area contributed by atoms with Crippen molar-refractivity contribution in [3.8, 4) is 0 Å². The molecule has 5 nitrogen and oxygen atoms in total. The first-order valence-electron chi connectivity index (χ1n) is 6.60. The van der Waals surface area contributed by atoms with E-state index in [1.165, 1.54) is 0 Å². The van der Waals surface area contributed by atoms with Crippen LogP contribution in [0.5, 0.6) is 0 Å². The van der Waals surface area contributed by atoms with E-state index in [2.05, 4.69) is 5.32 Å². The van der Waals surface area contributed by atoms with Crippen molar-refractivity contribution in [3.63, 3.8) is 0 Å². The molecule has 0 heterocycles. The zero-order chi connectivity index (χ0) is 13.8. The van der Waals surface area contributed by atoms with Crippen molar-refractivity contribution in [1.82, 2.24) is 5.32 Å². The second-order valence-electron chi connectivity index (χ2n) is 5.95. The van der Waals surface area contributed by atoms with Crippen molar-refractivity contribution in [1.29, 1.82) is 0 Å². The predicted octanol–water partition coefficient (Wildman–Crippen LogP) is 1.26. The van der Waals surface area contributed by atoms with Crippen molar-refractivity contribution in [2.24, 2.45) is 11.7 Å². The number of hydrogen-bond acceptors (Lipinski definition) is 3. The molecule has 1 rings (SSSR count). The Balaban J connectivity index is 2.57. The van der Waals surface area contributed by atoms with Gasteiger partial charge in [0.2, 0.25) is 5.91 Å². The summed E-state index contributed by atoms with van der Waals surface area (Å²) in [6, 6.07) is -0.764. The lowest BCUT2D eigenvalue weighted by atomic mass is 9.83. The van der Waals surface area contributed by atoms with E-state index in [9.17, 15) is 14.7 Å². The summed E-state index contributed by atoms with van der Waals surface area (Å²) in [4.78, 5) is 23.0. The zero-order valence-electron chi connectivity index (χ0n) is 11.2. The van der Waals surface area contributed by atoms with Crippen LogP contribution < -0.4 is 11.1 Å². The molecule has 0 bridgehead atoms. The Morgan fingerprint density at radius 2 is 1.89 bits per heavy atom. The summed E-state index contributed by atoms with van der Waals surface area (Å²) in [7, 11) is 0. The van der Waals surface area contributed by atoms with E-state index in [0.29, 0.717) is 0 Å². The number of nitrogens with two attached hydrogens (primary N) is 1. The number of amides is 1. The topological polar surface area (TPSA) is 92.4 Å². The van der Waals surface area contributed by atoms with E-state index in [1.54, 1.807) is 13.8 Å². The molecule has 18 heavy (non-hydrogen) atoms. The molecule has 1 aliphatic rings. The Labute approximate surface area is 108 Å². The number of rotatable bonds is 5. The fraction of sp³-hybridized carbons (Fsp3) is 0.846. The number of carboxylic acids is 1. The molecule has 0 aromatic rings. The Bertz CT molecular complexity index is 304. The molecule has 1 amide bonds. The second-order valence-corrected chi connectivity index (χ2v) is 5.95. The molecule has 1 fully saturated rings. The van der Waals surface area contributed by atoms with Crippen molar-refractivity contribution < 1.29 is 14.7 Å². The van der Waals surface area contributed by atoms with Crippen LogP contribution in [0, 0.1) is 5.92 Å². The van der Waals surface area contributed by atoms with Crippen LogP contribution in [-0.4, -0.2) is 28.6 Å². The van der Waals surface area contributed by atoms with E-state index in [1.807, 2.05) is 0 Å². The zero-order valence-corrected chi connectivity index (χ0v) is 11.2. The highest BCUT2D eigenvalue weighted by Gasteiger charge is 2.31. The third kappa shape index (κ3) is 5.04. The van der Waals surface area contributed by atoms with Gasteiger partial charge in [0, 0.05) is 12.0 Å². The summed E-state index contributed by atoms with van der Waals surface area (Å²) in [6.45, 7) is 3.51. The minimum atomic E-state index is -0.940. The molecular formula is C13H24N2O3. The molecule has 0 aromatic heterocycles. The maximum Gasteiger partial charge on any atom is 0.326 e. The van der Waals surface area contributed by atoms with Gasteiger partial charge < -0.3 is 16.2 Å². The smallest absolute Gasteiger partial charge is 0.326 e. The highest BCUT2D eigenvalue weighted by Crippen LogP contribution is 2.26. The van der Waals surface area contributed by atoms with Crippen molar-refractivity contribution >= 4 is 11.9 Å². The molecule has 5 heteroatoms. The summed E-state index contributed by atoms with van der Waals surface area (Å²) < 4.78 is 0. The lowest BCUT2D eigenvalue weighted by Gasteiger charge is -2.29. The lowest BCUT2D eigenvalue weighted by Crippen LogP contribution is -2.49. The van der Waals surface area contributed by atoms with E-state index in [-0.39, 0.29) is 18.2 Å². The molecule has 1 aliphatic carbocycles. The number of carbonyl (C=O) groups excluding carboxylic acids is 1. The largest absolute Gasteiger partial charge is 0.480 e. The number of carboxylic acid groups (broad SMARTS) is 1. The van der Waals surface area contributed by atoms with Gasteiger partial charge in [-0.3, -0.25) is 4.79 Å². The Hall–Kier alpha value is -1.10. The van der Waals surface area contributed by atoms with Gasteiger partial charge in [0.15, 0.2) is 0 Å². The lowest BCUT2D eigenvalue weighted by molar-refractivity contribution is -0.144. The first-order valence-corrected chi connectivity index (χ1v) is 6.60. The SMILES string of the molecule is CC(C)(N)CC(=O)NC(C(=O)O)C1CCCCC1. The maximum absolute atomic E-state index is 11.8. The average Bonchev–Trinajstić information content (AvgIpc) is 2.24. The van der Waals surface area contributed by atoms with Crippen LogP contribution in [0.15, 0.2) is 0 Å². The van der Waals surface area contributed by atoms with Gasteiger partial charge in [0.1, 0.15) is 6.04 Å². The molecular weight excluding hydrogens is 232 g/mol. The quantitative estimate of drug-likeness (QED) is 0.690.